The molecule has 1 saturated heterocycles. The van der Waals surface area contributed by atoms with E-state index in [1.807, 2.05) is 7.05 Å². The third-order valence-corrected chi connectivity index (χ3v) is 6.19. The molecule has 3 rings (SSSR count). The van der Waals surface area contributed by atoms with Crippen molar-refractivity contribution in [2.24, 2.45) is 0 Å². The average molecular weight is 396 g/mol. The van der Waals surface area contributed by atoms with Crippen molar-refractivity contribution in [2.75, 3.05) is 33.7 Å². The third-order valence-electron chi connectivity index (χ3n) is 4.39. The summed E-state index contributed by atoms with van der Waals surface area (Å²) in [5.41, 5.74) is -0.294. The first-order valence-corrected chi connectivity index (χ1v) is 9.67. The van der Waals surface area contributed by atoms with Gasteiger partial charge in [-0.3, -0.25) is 15.0 Å². The van der Waals surface area contributed by atoms with Gasteiger partial charge in [0, 0.05) is 38.8 Å². The van der Waals surface area contributed by atoms with Gasteiger partial charge in [-0.05, 0) is 13.1 Å². The molecule has 27 heavy (non-hydrogen) atoms. The summed E-state index contributed by atoms with van der Waals surface area (Å²) >= 11 is 0. The predicted molar refractivity (Wildman–Crippen MR) is 94.3 cm³/mol. The lowest BCUT2D eigenvalue weighted by Crippen LogP contribution is -2.44. The summed E-state index contributed by atoms with van der Waals surface area (Å²) in [4.78, 5) is 16.5. The van der Waals surface area contributed by atoms with Crippen LogP contribution in [0.5, 0.6) is 0 Å². The lowest BCUT2D eigenvalue weighted by molar-refractivity contribution is -0.385. The molecule has 12 heteroatoms. The number of non-ortho nitro benzene ring substituents is 1. The van der Waals surface area contributed by atoms with Crippen LogP contribution in [0.4, 0.5) is 5.69 Å². The first kappa shape index (κ1) is 19.4. The monoisotopic (exact) mass is 396 g/mol. The largest absolute Gasteiger partial charge is 0.338 e. The number of nitro groups is 1. The summed E-state index contributed by atoms with van der Waals surface area (Å²) in [5.74, 6) is 0.640. The molecule has 0 bridgehead atoms. The molecule has 1 atom stereocenters. The van der Waals surface area contributed by atoms with Crippen molar-refractivity contribution in [3.05, 3.63) is 46.1 Å². The van der Waals surface area contributed by atoms with E-state index < -0.39 is 14.9 Å². The Labute approximate surface area is 156 Å². The van der Waals surface area contributed by atoms with Gasteiger partial charge in [-0.15, -0.1) is 0 Å². The molecule has 1 aromatic heterocycles. The van der Waals surface area contributed by atoms with Crippen LogP contribution in [0.15, 0.2) is 33.7 Å². The molecule has 0 amide bonds. The van der Waals surface area contributed by atoms with Crippen LogP contribution in [0.3, 0.4) is 0 Å². The van der Waals surface area contributed by atoms with Gasteiger partial charge in [-0.2, -0.15) is 9.29 Å². The Bertz CT molecular complexity index is 930. The Morgan fingerprint density at radius 3 is 2.96 bits per heavy atom. The summed E-state index contributed by atoms with van der Waals surface area (Å²) in [5, 5.41) is 18.1. The van der Waals surface area contributed by atoms with Gasteiger partial charge in [0.2, 0.25) is 15.9 Å². The zero-order chi connectivity index (χ0) is 19.6. The third kappa shape index (κ3) is 4.13. The predicted octanol–water partition coefficient (Wildman–Crippen LogP) is 0.375. The Balaban J connectivity index is 1.76. The van der Waals surface area contributed by atoms with E-state index in [2.05, 4.69) is 20.4 Å². The van der Waals surface area contributed by atoms with Gasteiger partial charge in [0.05, 0.1) is 22.4 Å². The molecule has 146 valence electrons. The van der Waals surface area contributed by atoms with Gasteiger partial charge in [-0.1, -0.05) is 11.2 Å². The highest BCUT2D eigenvalue weighted by Gasteiger charge is 2.28. The van der Waals surface area contributed by atoms with Crippen molar-refractivity contribution >= 4 is 15.7 Å². The highest BCUT2D eigenvalue weighted by molar-refractivity contribution is 7.89. The lowest BCUT2D eigenvalue weighted by Gasteiger charge is -2.30. The molecule has 1 aliphatic heterocycles. The smallest absolute Gasteiger partial charge is 0.270 e. The molecule has 0 aliphatic carbocycles. The van der Waals surface area contributed by atoms with Crippen LogP contribution < -0.4 is 5.32 Å². The number of aromatic nitrogens is 2. The van der Waals surface area contributed by atoms with Gasteiger partial charge in [0.1, 0.15) is 0 Å². The van der Waals surface area contributed by atoms with Gasteiger partial charge in [0.15, 0.2) is 5.82 Å². The molecule has 2 aromatic rings. The van der Waals surface area contributed by atoms with E-state index in [0.717, 1.165) is 23.5 Å². The first-order valence-electron chi connectivity index (χ1n) is 8.23. The number of hydrogen-bond donors (Lipinski definition) is 1. The number of piperazine rings is 1. The van der Waals surface area contributed by atoms with Crippen LogP contribution in [-0.4, -0.2) is 66.4 Å². The Morgan fingerprint density at radius 2 is 2.26 bits per heavy atom. The molecule has 1 fully saturated rings. The number of nitro benzene ring substituents is 1. The highest BCUT2D eigenvalue weighted by Crippen LogP contribution is 2.22. The fourth-order valence-electron chi connectivity index (χ4n) is 2.77. The molecular formula is C15H20N6O5S. The molecule has 1 aromatic carbocycles. The molecule has 0 saturated carbocycles. The highest BCUT2D eigenvalue weighted by atomic mass is 32.2. The second kappa shape index (κ2) is 7.68. The second-order valence-electron chi connectivity index (χ2n) is 6.26. The van der Waals surface area contributed by atoms with Crippen molar-refractivity contribution in [2.45, 2.75) is 17.5 Å². The van der Waals surface area contributed by atoms with E-state index in [9.17, 15) is 18.5 Å². The quantitative estimate of drug-likeness (QED) is 0.543. The Morgan fingerprint density at radius 1 is 1.48 bits per heavy atom. The van der Waals surface area contributed by atoms with E-state index in [0.29, 0.717) is 12.4 Å². The first-order chi connectivity index (χ1) is 12.8. The maximum Gasteiger partial charge on any atom is 0.270 e. The molecule has 0 spiro atoms. The molecular weight excluding hydrogens is 376 g/mol. The SMILES string of the molecule is CN1CCNCC1c1noc(CN(C)S(=O)(=O)c2cccc([N+](=O)[O-])c2)n1. The number of hydrogen-bond acceptors (Lipinski definition) is 9. The summed E-state index contributed by atoms with van der Waals surface area (Å²) in [6.07, 6.45) is 0. The van der Waals surface area contributed by atoms with Crippen LogP contribution >= 0.6 is 0 Å². The number of nitrogens with zero attached hydrogens (tertiary/aromatic N) is 5. The molecule has 1 unspecified atom stereocenters. The number of benzene rings is 1. The van der Waals surface area contributed by atoms with Crippen LogP contribution in [0.2, 0.25) is 0 Å². The summed E-state index contributed by atoms with van der Waals surface area (Å²) in [7, 11) is -0.629. The number of nitrogens with one attached hydrogen (secondary N) is 1. The fraction of sp³-hybridized carbons (Fsp3) is 0.467. The van der Waals surface area contributed by atoms with Crippen LogP contribution in [-0.2, 0) is 16.6 Å². The van der Waals surface area contributed by atoms with Gasteiger partial charge >= 0.3 is 0 Å². The standard InChI is InChI=1S/C15H20N6O5S/c1-19-7-6-16-9-13(19)15-17-14(26-18-15)10-20(2)27(24,25)12-5-3-4-11(8-12)21(22)23/h3-5,8,13,16H,6-7,9-10H2,1-2H3. The average Bonchev–Trinajstić information content (AvgIpc) is 3.10. The normalized spacial score (nSPS) is 18.7. The maximum absolute atomic E-state index is 12.7. The molecule has 1 aliphatic rings. The minimum Gasteiger partial charge on any atom is -0.338 e. The molecule has 0 radical (unpaired) electrons. The van der Waals surface area contributed by atoms with E-state index >= 15 is 0 Å². The summed E-state index contributed by atoms with van der Waals surface area (Å²) in [6.45, 7) is 2.26. The van der Waals surface area contributed by atoms with Crippen molar-refractivity contribution in [1.82, 2.24) is 24.7 Å². The van der Waals surface area contributed by atoms with E-state index in [1.165, 1.54) is 25.2 Å². The Kier molecular flexibility index (Phi) is 5.51. The van der Waals surface area contributed by atoms with Crippen LogP contribution in [0.25, 0.3) is 0 Å². The van der Waals surface area contributed by atoms with E-state index in [4.69, 9.17) is 4.52 Å². The van der Waals surface area contributed by atoms with Crippen molar-refractivity contribution < 1.29 is 17.9 Å². The second-order valence-corrected chi connectivity index (χ2v) is 8.31. The topological polar surface area (TPSA) is 135 Å². The van der Waals surface area contributed by atoms with Gasteiger partial charge < -0.3 is 9.84 Å². The van der Waals surface area contributed by atoms with Crippen molar-refractivity contribution in [3.8, 4) is 0 Å². The zero-order valence-corrected chi connectivity index (χ0v) is 15.7. The minimum atomic E-state index is -3.94. The maximum atomic E-state index is 12.7. The lowest BCUT2D eigenvalue weighted by atomic mass is 10.2. The number of likely N-dealkylation sites (N-methyl/N-ethyl adjacent to an activating group) is 1. The fourth-order valence-corrected chi connectivity index (χ4v) is 3.94. The summed E-state index contributed by atoms with van der Waals surface area (Å²) in [6, 6.07) is 4.84. The number of sulfonamides is 1. The summed E-state index contributed by atoms with van der Waals surface area (Å²) < 4.78 is 31.6. The Hall–Kier alpha value is -2.41. The molecule has 1 N–H and O–H groups in total. The number of rotatable bonds is 6. The van der Waals surface area contributed by atoms with Crippen molar-refractivity contribution in [3.63, 3.8) is 0 Å². The van der Waals surface area contributed by atoms with E-state index in [1.54, 1.807) is 0 Å². The van der Waals surface area contributed by atoms with Crippen LogP contribution in [0.1, 0.15) is 17.8 Å². The zero-order valence-electron chi connectivity index (χ0n) is 14.9. The van der Waals surface area contributed by atoms with E-state index in [-0.39, 0.29) is 29.1 Å². The van der Waals surface area contributed by atoms with Gasteiger partial charge in [-0.25, -0.2) is 8.42 Å². The molecule has 2 heterocycles. The van der Waals surface area contributed by atoms with Crippen molar-refractivity contribution in [1.29, 1.82) is 0 Å². The van der Waals surface area contributed by atoms with Crippen LogP contribution in [0, 0.1) is 10.1 Å². The van der Waals surface area contributed by atoms with Gasteiger partial charge in [0.25, 0.3) is 5.69 Å². The molecule has 11 nitrogen and oxygen atoms in total. The minimum absolute atomic E-state index is 0.0464.